The molecule has 0 aliphatic carbocycles. The van der Waals surface area contributed by atoms with Gasteiger partial charge in [-0.15, -0.1) is 0 Å². The van der Waals surface area contributed by atoms with Crippen LogP contribution in [0.4, 0.5) is 17.1 Å². The molecule has 41 heavy (non-hydrogen) atoms. The minimum absolute atomic E-state index is 0.0255. The van der Waals surface area contributed by atoms with Gasteiger partial charge >= 0.3 is 11.9 Å². The number of carbonyl (C=O) groups excluding carboxylic acids is 3. The first-order valence-electron chi connectivity index (χ1n) is 13.2. The van der Waals surface area contributed by atoms with E-state index >= 15 is 0 Å². The molecule has 12 heteroatoms. The summed E-state index contributed by atoms with van der Waals surface area (Å²) < 4.78 is 15.4. The number of nitrogen functional groups attached to an aromatic ring is 1. The number of amides is 2. The third kappa shape index (κ3) is 8.51. The zero-order valence-corrected chi connectivity index (χ0v) is 23.1. The SMILES string of the molecule is CC(=O)O[C@@H](C(=O)O)[C@H]1OCCN(c2cccc(CC(=O)N3CCOCC3)c2)C1=O.[C-]#[N+]c1ccc(N)cc1CC. The van der Waals surface area contributed by atoms with Gasteiger partial charge < -0.3 is 34.9 Å². The smallest absolute Gasteiger partial charge is 0.348 e. The lowest BCUT2D eigenvalue weighted by atomic mass is 10.1. The lowest BCUT2D eigenvalue weighted by molar-refractivity contribution is -0.177. The number of nitrogens with two attached hydrogens (primary N) is 1. The molecule has 2 aromatic carbocycles. The van der Waals surface area contributed by atoms with E-state index in [1.807, 2.05) is 13.0 Å². The maximum atomic E-state index is 12.9. The van der Waals surface area contributed by atoms with E-state index < -0.39 is 30.1 Å². The Balaban J connectivity index is 0.000000352. The fourth-order valence-electron chi connectivity index (χ4n) is 4.43. The van der Waals surface area contributed by atoms with Crippen LogP contribution in [0.15, 0.2) is 42.5 Å². The van der Waals surface area contributed by atoms with Crippen molar-refractivity contribution in [2.75, 3.05) is 50.1 Å². The molecule has 0 aromatic heterocycles. The summed E-state index contributed by atoms with van der Waals surface area (Å²) in [6.45, 7) is 12.4. The Morgan fingerprint density at radius 2 is 1.88 bits per heavy atom. The molecule has 3 N–H and O–H groups in total. The highest BCUT2D eigenvalue weighted by atomic mass is 16.6. The molecule has 12 nitrogen and oxygen atoms in total. The van der Waals surface area contributed by atoms with Gasteiger partial charge in [0.05, 0.1) is 32.8 Å². The van der Waals surface area contributed by atoms with Crippen LogP contribution in [0.25, 0.3) is 4.85 Å². The van der Waals surface area contributed by atoms with Gasteiger partial charge in [-0.2, -0.15) is 0 Å². The van der Waals surface area contributed by atoms with Crippen molar-refractivity contribution in [2.45, 2.75) is 38.9 Å². The summed E-state index contributed by atoms with van der Waals surface area (Å²) in [6, 6.07) is 12.3. The van der Waals surface area contributed by atoms with Gasteiger partial charge in [-0.1, -0.05) is 25.1 Å². The molecule has 0 bridgehead atoms. The maximum absolute atomic E-state index is 12.9. The van der Waals surface area contributed by atoms with Crippen molar-refractivity contribution in [3.05, 3.63) is 65.0 Å². The highest BCUT2D eigenvalue weighted by molar-refractivity contribution is 6.00. The number of carboxylic acids is 1. The molecular weight excluding hydrogens is 532 g/mol. The lowest BCUT2D eigenvalue weighted by Gasteiger charge is -2.34. The molecule has 2 fully saturated rings. The monoisotopic (exact) mass is 566 g/mol. The average molecular weight is 567 g/mol. The fourth-order valence-corrected chi connectivity index (χ4v) is 4.43. The van der Waals surface area contributed by atoms with Gasteiger partial charge in [0, 0.05) is 37.9 Å². The number of carbonyl (C=O) groups is 4. The van der Waals surface area contributed by atoms with Gasteiger partial charge in [0.25, 0.3) is 5.91 Å². The summed E-state index contributed by atoms with van der Waals surface area (Å²) >= 11 is 0. The summed E-state index contributed by atoms with van der Waals surface area (Å²) in [4.78, 5) is 54.6. The number of benzene rings is 2. The van der Waals surface area contributed by atoms with E-state index in [4.69, 9.17) is 26.5 Å². The fraction of sp³-hybridized carbons (Fsp3) is 0.414. The van der Waals surface area contributed by atoms with Crippen LogP contribution in [0.3, 0.4) is 0 Å². The Morgan fingerprint density at radius 3 is 2.51 bits per heavy atom. The number of aryl methyl sites for hydroxylation is 1. The van der Waals surface area contributed by atoms with E-state index in [1.165, 1.54) is 4.90 Å². The second-order valence-electron chi connectivity index (χ2n) is 9.34. The number of hydrogen-bond donors (Lipinski definition) is 2. The number of rotatable bonds is 7. The molecule has 0 unspecified atom stereocenters. The zero-order chi connectivity index (χ0) is 29.9. The number of esters is 1. The number of ether oxygens (including phenoxy) is 3. The summed E-state index contributed by atoms with van der Waals surface area (Å²) in [6.07, 6.45) is -2.13. The Morgan fingerprint density at radius 1 is 1.15 bits per heavy atom. The predicted molar refractivity (Wildman–Crippen MR) is 149 cm³/mol. The first-order chi connectivity index (χ1) is 19.6. The van der Waals surface area contributed by atoms with Crippen molar-refractivity contribution in [1.29, 1.82) is 0 Å². The summed E-state index contributed by atoms with van der Waals surface area (Å²) in [5, 5.41) is 9.34. The van der Waals surface area contributed by atoms with Gasteiger partial charge in [0.15, 0.2) is 11.8 Å². The lowest BCUT2D eigenvalue weighted by Crippen LogP contribution is -2.55. The Labute approximate surface area is 238 Å². The second kappa shape index (κ2) is 14.8. The zero-order valence-electron chi connectivity index (χ0n) is 23.1. The quantitative estimate of drug-likeness (QED) is 0.292. The highest BCUT2D eigenvalue weighted by Gasteiger charge is 2.42. The van der Waals surface area contributed by atoms with Crippen molar-refractivity contribution < 1.29 is 38.5 Å². The van der Waals surface area contributed by atoms with Crippen LogP contribution in [0.5, 0.6) is 0 Å². The molecule has 0 radical (unpaired) electrons. The van der Waals surface area contributed by atoms with Crippen molar-refractivity contribution >= 4 is 40.8 Å². The molecular formula is C29H34N4O8. The first kappa shape index (κ1) is 31.1. The summed E-state index contributed by atoms with van der Waals surface area (Å²) in [5.74, 6) is -2.93. The molecule has 2 aliphatic heterocycles. The largest absolute Gasteiger partial charge is 0.478 e. The van der Waals surface area contributed by atoms with Crippen LogP contribution in [0.1, 0.15) is 25.0 Å². The van der Waals surface area contributed by atoms with E-state index in [1.54, 1.807) is 41.3 Å². The van der Waals surface area contributed by atoms with Gasteiger partial charge in [-0.3, -0.25) is 14.4 Å². The Hall–Kier alpha value is -4.47. The van der Waals surface area contributed by atoms with Crippen LogP contribution < -0.4 is 10.6 Å². The van der Waals surface area contributed by atoms with Gasteiger partial charge in [0.1, 0.15) is 0 Å². The van der Waals surface area contributed by atoms with Gasteiger partial charge in [-0.05, 0) is 41.8 Å². The van der Waals surface area contributed by atoms with Crippen molar-refractivity contribution in [2.24, 2.45) is 0 Å². The number of anilines is 2. The second-order valence-corrected chi connectivity index (χ2v) is 9.34. The van der Waals surface area contributed by atoms with E-state index in [9.17, 15) is 24.3 Å². The van der Waals surface area contributed by atoms with Gasteiger partial charge in [-0.25, -0.2) is 9.64 Å². The first-order valence-corrected chi connectivity index (χ1v) is 13.2. The van der Waals surface area contributed by atoms with Crippen LogP contribution in [-0.4, -0.2) is 85.4 Å². The number of aliphatic carboxylic acids is 1. The van der Waals surface area contributed by atoms with E-state index in [2.05, 4.69) is 4.85 Å². The van der Waals surface area contributed by atoms with Crippen molar-refractivity contribution in [1.82, 2.24) is 4.90 Å². The topological polar surface area (TPSA) is 153 Å². The van der Waals surface area contributed by atoms with E-state index in [0.717, 1.165) is 30.2 Å². The molecule has 0 spiro atoms. The number of carboxylic acid groups (broad SMARTS) is 1. The molecule has 4 rings (SSSR count). The van der Waals surface area contributed by atoms with Gasteiger partial charge in [0.2, 0.25) is 12.0 Å². The molecule has 2 saturated heterocycles. The molecule has 2 heterocycles. The van der Waals surface area contributed by atoms with Crippen LogP contribution in [0, 0.1) is 6.57 Å². The Kier molecular flexibility index (Phi) is 11.2. The minimum atomic E-state index is -1.73. The summed E-state index contributed by atoms with van der Waals surface area (Å²) in [7, 11) is 0. The molecule has 2 aromatic rings. The molecule has 0 saturated carbocycles. The van der Waals surface area contributed by atoms with Crippen molar-refractivity contribution in [3.63, 3.8) is 0 Å². The normalized spacial score (nSPS) is 17.5. The van der Waals surface area contributed by atoms with E-state index in [-0.39, 0.29) is 25.5 Å². The van der Waals surface area contributed by atoms with Crippen molar-refractivity contribution in [3.8, 4) is 0 Å². The molecule has 2 aliphatic rings. The number of hydrogen-bond acceptors (Lipinski definition) is 8. The Bertz CT molecular complexity index is 1300. The standard InChI is InChI=1S/C20H24N2O8.C9H10N2/c1-13(23)30-18(20(26)27)17-19(25)22(7-10-29-17)15-4-2-3-14(11-15)12-16(24)21-5-8-28-9-6-21;1-3-7-6-8(10)4-5-9(7)11-2/h2-4,11,17-18H,5-10,12H2,1H3,(H,26,27);4-6H,3,10H2,1H3/t17-,18-;/m1./s1. The summed E-state index contributed by atoms with van der Waals surface area (Å²) in [5.41, 5.74) is 9.28. The molecule has 2 atom stereocenters. The van der Waals surface area contributed by atoms with Crippen LogP contribution in [0.2, 0.25) is 0 Å². The third-order valence-corrected chi connectivity index (χ3v) is 6.48. The minimum Gasteiger partial charge on any atom is -0.478 e. The average Bonchev–Trinajstić information content (AvgIpc) is 2.97. The highest BCUT2D eigenvalue weighted by Crippen LogP contribution is 2.24. The van der Waals surface area contributed by atoms with E-state index in [0.29, 0.717) is 37.7 Å². The maximum Gasteiger partial charge on any atom is 0.348 e. The molecule has 218 valence electrons. The number of morpholine rings is 2. The van der Waals surface area contributed by atoms with Crippen LogP contribution >= 0.6 is 0 Å². The van der Waals surface area contributed by atoms with Crippen LogP contribution in [-0.2, 0) is 46.2 Å². The third-order valence-electron chi connectivity index (χ3n) is 6.48. The number of nitrogens with zero attached hydrogens (tertiary/aromatic N) is 3. The molecule has 2 amide bonds. The predicted octanol–water partition coefficient (Wildman–Crippen LogP) is 2.22.